The summed E-state index contributed by atoms with van der Waals surface area (Å²) < 4.78 is 14.3. The summed E-state index contributed by atoms with van der Waals surface area (Å²) in [5.74, 6) is 0.579. The maximum Gasteiger partial charge on any atom is 0.123 e. The Labute approximate surface area is 128 Å². The third-order valence-electron chi connectivity index (χ3n) is 4.75. The summed E-state index contributed by atoms with van der Waals surface area (Å²) in [6.07, 6.45) is 6.50. The minimum Gasteiger partial charge on any atom is -0.314 e. The summed E-state index contributed by atoms with van der Waals surface area (Å²) in [5.41, 5.74) is 1.01. The Hall–Kier alpha value is -0.450. The lowest BCUT2D eigenvalue weighted by Crippen LogP contribution is -2.41. The summed E-state index contributed by atoms with van der Waals surface area (Å²) in [6, 6.07) is 6.16. The second-order valence-corrected chi connectivity index (χ2v) is 6.88. The van der Waals surface area contributed by atoms with Gasteiger partial charge in [0.15, 0.2) is 0 Å². The molecule has 3 rings (SSSR count). The number of halogens is 2. The molecule has 0 bridgehead atoms. The van der Waals surface area contributed by atoms with Gasteiger partial charge in [0.2, 0.25) is 0 Å². The molecule has 1 saturated carbocycles. The van der Waals surface area contributed by atoms with Crippen molar-refractivity contribution >= 4 is 15.9 Å². The van der Waals surface area contributed by atoms with Crippen molar-refractivity contribution in [1.82, 2.24) is 10.6 Å². The molecule has 1 saturated heterocycles. The summed E-state index contributed by atoms with van der Waals surface area (Å²) >= 11 is 3.50. The first-order valence-electron chi connectivity index (χ1n) is 7.65. The molecule has 2 nitrogen and oxygen atoms in total. The molecule has 0 amide bonds. The summed E-state index contributed by atoms with van der Waals surface area (Å²) in [4.78, 5) is 0. The fourth-order valence-corrected chi connectivity index (χ4v) is 4.11. The molecule has 110 valence electrons. The lowest BCUT2D eigenvalue weighted by atomic mass is 9.93. The van der Waals surface area contributed by atoms with Gasteiger partial charge in [0.05, 0.1) is 0 Å². The highest BCUT2D eigenvalue weighted by Gasteiger charge is 2.34. The lowest BCUT2D eigenvalue weighted by molar-refractivity contribution is 0.319. The zero-order valence-electron chi connectivity index (χ0n) is 11.7. The van der Waals surface area contributed by atoms with Crippen molar-refractivity contribution in [2.45, 2.75) is 50.7 Å². The van der Waals surface area contributed by atoms with Crippen LogP contribution in [0.25, 0.3) is 0 Å². The zero-order valence-corrected chi connectivity index (χ0v) is 13.3. The van der Waals surface area contributed by atoms with E-state index in [0.29, 0.717) is 12.1 Å². The molecular weight excluding hydrogens is 319 g/mol. The van der Waals surface area contributed by atoms with Crippen molar-refractivity contribution in [3.63, 3.8) is 0 Å². The quantitative estimate of drug-likeness (QED) is 0.874. The van der Waals surface area contributed by atoms with E-state index in [1.54, 1.807) is 12.1 Å². The van der Waals surface area contributed by atoms with Crippen LogP contribution in [0.4, 0.5) is 4.39 Å². The molecule has 4 heteroatoms. The van der Waals surface area contributed by atoms with Crippen molar-refractivity contribution in [3.8, 4) is 0 Å². The Balaban J connectivity index is 1.60. The largest absolute Gasteiger partial charge is 0.314 e. The Morgan fingerprint density at radius 1 is 1.25 bits per heavy atom. The molecule has 3 atom stereocenters. The van der Waals surface area contributed by atoms with Crippen LogP contribution in [-0.2, 0) is 6.54 Å². The number of hydrogen-bond donors (Lipinski definition) is 2. The topological polar surface area (TPSA) is 24.1 Å². The van der Waals surface area contributed by atoms with Crippen LogP contribution in [0.1, 0.15) is 37.7 Å². The highest BCUT2D eigenvalue weighted by molar-refractivity contribution is 9.10. The van der Waals surface area contributed by atoms with Gasteiger partial charge in [-0.1, -0.05) is 22.4 Å². The molecule has 0 radical (unpaired) electrons. The molecule has 0 aromatic heterocycles. The average Bonchev–Trinajstić information content (AvgIpc) is 3.09. The van der Waals surface area contributed by atoms with Gasteiger partial charge in [0, 0.05) is 23.1 Å². The highest BCUT2D eigenvalue weighted by atomic mass is 79.9. The minimum atomic E-state index is -0.162. The van der Waals surface area contributed by atoms with Gasteiger partial charge in [0.25, 0.3) is 0 Å². The van der Waals surface area contributed by atoms with E-state index in [1.165, 1.54) is 44.7 Å². The van der Waals surface area contributed by atoms with Crippen LogP contribution in [0.3, 0.4) is 0 Å². The molecule has 2 aliphatic rings. The van der Waals surface area contributed by atoms with Gasteiger partial charge in [0.1, 0.15) is 5.82 Å². The van der Waals surface area contributed by atoms with Crippen LogP contribution in [0.15, 0.2) is 22.7 Å². The van der Waals surface area contributed by atoms with E-state index in [4.69, 9.17) is 0 Å². The fourth-order valence-electron chi connectivity index (χ4n) is 3.72. The van der Waals surface area contributed by atoms with Crippen molar-refractivity contribution < 1.29 is 4.39 Å². The molecule has 1 heterocycles. The van der Waals surface area contributed by atoms with E-state index in [1.807, 2.05) is 0 Å². The van der Waals surface area contributed by atoms with Crippen molar-refractivity contribution in [2.24, 2.45) is 5.92 Å². The van der Waals surface area contributed by atoms with Crippen LogP contribution >= 0.6 is 15.9 Å². The normalized spacial score (nSPS) is 30.0. The van der Waals surface area contributed by atoms with E-state index >= 15 is 0 Å². The first-order chi connectivity index (χ1) is 9.74. The smallest absolute Gasteiger partial charge is 0.123 e. The number of nitrogens with one attached hydrogen (secondary N) is 2. The summed E-state index contributed by atoms with van der Waals surface area (Å²) in [6.45, 7) is 1.91. The van der Waals surface area contributed by atoms with Crippen molar-refractivity contribution in [2.75, 3.05) is 6.54 Å². The van der Waals surface area contributed by atoms with E-state index in [2.05, 4.69) is 26.6 Å². The monoisotopic (exact) mass is 340 g/mol. The predicted molar refractivity (Wildman–Crippen MR) is 83.1 cm³/mol. The molecule has 1 aliphatic carbocycles. The molecule has 0 spiro atoms. The van der Waals surface area contributed by atoms with E-state index in [9.17, 15) is 4.39 Å². The van der Waals surface area contributed by atoms with Crippen LogP contribution < -0.4 is 10.6 Å². The number of benzene rings is 1. The average molecular weight is 341 g/mol. The Bertz CT molecular complexity index is 460. The maximum absolute atomic E-state index is 13.3. The van der Waals surface area contributed by atoms with Gasteiger partial charge < -0.3 is 10.6 Å². The number of rotatable bonds is 4. The van der Waals surface area contributed by atoms with Crippen molar-refractivity contribution in [1.29, 1.82) is 0 Å². The first-order valence-corrected chi connectivity index (χ1v) is 8.44. The van der Waals surface area contributed by atoms with Gasteiger partial charge in [-0.15, -0.1) is 0 Å². The molecular formula is C16H22BrFN2. The van der Waals surface area contributed by atoms with Gasteiger partial charge >= 0.3 is 0 Å². The Morgan fingerprint density at radius 2 is 2.15 bits per heavy atom. The van der Waals surface area contributed by atoms with E-state index < -0.39 is 0 Å². The predicted octanol–water partition coefficient (Wildman–Crippen LogP) is 3.60. The zero-order chi connectivity index (χ0) is 13.9. The van der Waals surface area contributed by atoms with Crippen molar-refractivity contribution in [3.05, 3.63) is 34.1 Å². The van der Waals surface area contributed by atoms with Gasteiger partial charge in [-0.25, -0.2) is 4.39 Å². The summed E-state index contributed by atoms with van der Waals surface area (Å²) in [7, 11) is 0. The van der Waals surface area contributed by atoms with Gasteiger partial charge in [-0.2, -0.15) is 0 Å². The fraction of sp³-hybridized carbons (Fsp3) is 0.625. The lowest BCUT2D eigenvalue weighted by Gasteiger charge is -2.27. The van der Waals surface area contributed by atoms with Gasteiger partial charge in [-0.3, -0.25) is 0 Å². The SMILES string of the molecule is Fc1ccc(Br)c(CNC2CCCC2C2CCCN2)c1. The third-order valence-corrected chi connectivity index (χ3v) is 5.52. The Kier molecular flexibility index (Phi) is 4.74. The molecule has 2 N–H and O–H groups in total. The highest BCUT2D eigenvalue weighted by Crippen LogP contribution is 2.32. The second-order valence-electron chi connectivity index (χ2n) is 6.02. The number of hydrogen-bond acceptors (Lipinski definition) is 2. The second kappa shape index (κ2) is 6.54. The molecule has 3 unspecified atom stereocenters. The van der Waals surface area contributed by atoms with E-state index in [0.717, 1.165) is 22.5 Å². The molecule has 1 aromatic rings. The van der Waals surface area contributed by atoms with Crippen LogP contribution in [0, 0.1) is 11.7 Å². The minimum absolute atomic E-state index is 0.162. The Morgan fingerprint density at radius 3 is 2.95 bits per heavy atom. The van der Waals surface area contributed by atoms with Gasteiger partial charge in [-0.05, 0) is 61.9 Å². The third kappa shape index (κ3) is 3.23. The van der Waals surface area contributed by atoms with E-state index in [-0.39, 0.29) is 5.82 Å². The van der Waals surface area contributed by atoms with Crippen LogP contribution in [0.2, 0.25) is 0 Å². The standard InChI is InChI=1S/C16H22BrFN2/c17-14-7-6-12(18)9-11(14)10-20-16-4-1-3-13(16)15-5-2-8-19-15/h6-7,9,13,15-16,19-20H,1-5,8,10H2. The molecule has 1 aliphatic heterocycles. The van der Waals surface area contributed by atoms with Crippen LogP contribution in [0.5, 0.6) is 0 Å². The maximum atomic E-state index is 13.3. The first kappa shape index (κ1) is 14.5. The summed E-state index contributed by atoms with van der Waals surface area (Å²) in [5, 5.41) is 7.29. The molecule has 2 fully saturated rings. The molecule has 1 aromatic carbocycles. The van der Waals surface area contributed by atoms with Crippen LogP contribution in [-0.4, -0.2) is 18.6 Å². The molecule has 20 heavy (non-hydrogen) atoms.